The minimum absolute atomic E-state index is 0.224. The molecule has 1 aromatic rings. The van der Waals surface area contributed by atoms with Crippen molar-refractivity contribution in [1.82, 2.24) is 15.1 Å². The lowest BCUT2D eigenvalue weighted by Gasteiger charge is -2.16. The molecule has 102 valence electrons. The van der Waals surface area contributed by atoms with Crippen molar-refractivity contribution in [3.05, 3.63) is 15.5 Å². The van der Waals surface area contributed by atoms with E-state index in [1.54, 1.807) is 17.8 Å². The van der Waals surface area contributed by atoms with Crippen molar-refractivity contribution in [3.63, 3.8) is 0 Å². The summed E-state index contributed by atoms with van der Waals surface area (Å²) in [5.74, 6) is -0.224. The second-order valence-corrected chi connectivity index (χ2v) is 4.63. The summed E-state index contributed by atoms with van der Waals surface area (Å²) in [5.41, 5.74) is 0.397. The third-order valence-corrected chi connectivity index (χ3v) is 3.20. The third kappa shape index (κ3) is 4.54. The van der Waals surface area contributed by atoms with Crippen LogP contribution in [0.25, 0.3) is 0 Å². The Morgan fingerprint density at radius 1 is 1.50 bits per heavy atom. The van der Waals surface area contributed by atoms with Crippen LogP contribution in [0.4, 0.5) is 0 Å². The fourth-order valence-electron chi connectivity index (χ4n) is 1.36. The van der Waals surface area contributed by atoms with Gasteiger partial charge in [0.1, 0.15) is 0 Å². The number of hydrogen-bond acceptors (Lipinski definition) is 4. The van der Waals surface area contributed by atoms with E-state index in [4.69, 9.17) is 9.47 Å². The molecule has 0 fully saturated rings. The summed E-state index contributed by atoms with van der Waals surface area (Å²) >= 11 is 2.12. The van der Waals surface area contributed by atoms with Crippen LogP contribution in [0.2, 0.25) is 0 Å². The van der Waals surface area contributed by atoms with Gasteiger partial charge in [0.25, 0.3) is 5.91 Å². The van der Waals surface area contributed by atoms with Crippen LogP contribution in [0.3, 0.4) is 0 Å². The van der Waals surface area contributed by atoms with E-state index in [9.17, 15) is 4.79 Å². The second kappa shape index (κ2) is 7.70. The highest BCUT2D eigenvalue weighted by Crippen LogP contribution is 2.05. The lowest BCUT2D eigenvalue weighted by atomic mass is 10.4. The van der Waals surface area contributed by atoms with Gasteiger partial charge in [-0.1, -0.05) is 0 Å². The van der Waals surface area contributed by atoms with Gasteiger partial charge >= 0.3 is 0 Å². The summed E-state index contributed by atoms with van der Waals surface area (Å²) in [5, 5.41) is 6.84. The Hall–Kier alpha value is -0.670. The molecule has 0 atom stereocenters. The van der Waals surface area contributed by atoms with Crippen LogP contribution >= 0.6 is 22.6 Å². The molecule has 0 bridgehead atoms. The number of hydrogen-bond donors (Lipinski definition) is 1. The zero-order valence-corrected chi connectivity index (χ0v) is 12.9. The molecule has 0 aliphatic carbocycles. The van der Waals surface area contributed by atoms with Gasteiger partial charge < -0.3 is 14.8 Å². The van der Waals surface area contributed by atoms with E-state index in [2.05, 4.69) is 33.0 Å². The molecule has 18 heavy (non-hydrogen) atoms. The standard InChI is InChI=1S/C11H18IN3O3/c1-4-17-10(18-5-2)7-13-11(16)8-6-9(12)15(3)14-8/h6,10H,4-5,7H2,1-3H3,(H,13,16). The first-order valence-corrected chi connectivity index (χ1v) is 6.87. The van der Waals surface area contributed by atoms with Gasteiger partial charge in [0.2, 0.25) is 0 Å². The summed E-state index contributed by atoms with van der Waals surface area (Å²) in [6, 6.07) is 1.73. The molecule has 6 nitrogen and oxygen atoms in total. The van der Waals surface area contributed by atoms with Crippen molar-refractivity contribution in [3.8, 4) is 0 Å². The van der Waals surface area contributed by atoms with E-state index >= 15 is 0 Å². The number of nitrogens with one attached hydrogen (secondary N) is 1. The summed E-state index contributed by atoms with van der Waals surface area (Å²) in [6.07, 6.45) is -0.410. The summed E-state index contributed by atoms with van der Waals surface area (Å²) < 4.78 is 13.2. The minimum Gasteiger partial charge on any atom is -0.351 e. The van der Waals surface area contributed by atoms with E-state index in [0.717, 1.165) is 3.70 Å². The maximum atomic E-state index is 11.8. The van der Waals surface area contributed by atoms with Gasteiger partial charge in [0.15, 0.2) is 12.0 Å². The molecule has 1 rings (SSSR count). The van der Waals surface area contributed by atoms with Crippen LogP contribution in [-0.2, 0) is 16.5 Å². The van der Waals surface area contributed by atoms with Gasteiger partial charge in [-0.05, 0) is 36.4 Å². The highest BCUT2D eigenvalue weighted by Gasteiger charge is 2.14. The van der Waals surface area contributed by atoms with Crippen LogP contribution in [0, 0.1) is 3.70 Å². The van der Waals surface area contributed by atoms with Crippen molar-refractivity contribution >= 4 is 28.5 Å². The Morgan fingerprint density at radius 2 is 2.11 bits per heavy atom. The average molecular weight is 367 g/mol. The molecule has 1 amide bonds. The predicted octanol–water partition coefficient (Wildman–Crippen LogP) is 1.15. The number of nitrogens with zero attached hydrogens (tertiary/aromatic N) is 2. The molecule has 0 aliphatic rings. The monoisotopic (exact) mass is 367 g/mol. The van der Waals surface area contributed by atoms with Crippen molar-refractivity contribution in [2.75, 3.05) is 19.8 Å². The van der Waals surface area contributed by atoms with E-state index < -0.39 is 6.29 Å². The van der Waals surface area contributed by atoms with Gasteiger partial charge in [0, 0.05) is 26.3 Å². The Balaban J connectivity index is 2.48. The highest BCUT2D eigenvalue weighted by molar-refractivity contribution is 14.1. The maximum Gasteiger partial charge on any atom is 0.271 e. The van der Waals surface area contributed by atoms with Crippen molar-refractivity contribution < 1.29 is 14.3 Å². The summed E-state index contributed by atoms with van der Waals surface area (Å²) in [4.78, 5) is 11.8. The quantitative estimate of drug-likeness (QED) is 0.580. The molecule has 0 unspecified atom stereocenters. The molecule has 0 aliphatic heterocycles. The number of rotatable bonds is 7. The lowest BCUT2D eigenvalue weighted by Crippen LogP contribution is -2.35. The van der Waals surface area contributed by atoms with Crippen LogP contribution in [0.1, 0.15) is 24.3 Å². The van der Waals surface area contributed by atoms with Gasteiger partial charge in [-0.15, -0.1) is 0 Å². The van der Waals surface area contributed by atoms with E-state index in [1.807, 2.05) is 13.8 Å². The molecule has 0 radical (unpaired) electrons. The smallest absolute Gasteiger partial charge is 0.271 e. The number of carbonyl (C=O) groups excluding carboxylic acids is 1. The van der Waals surface area contributed by atoms with Crippen LogP contribution in [0.15, 0.2) is 6.07 Å². The molecule has 0 spiro atoms. The van der Waals surface area contributed by atoms with Crippen molar-refractivity contribution in [2.45, 2.75) is 20.1 Å². The van der Waals surface area contributed by atoms with Gasteiger partial charge in [0.05, 0.1) is 10.2 Å². The Kier molecular flexibility index (Phi) is 6.58. The molecule has 0 saturated heterocycles. The SMILES string of the molecule is CCOC(CNC(=O)c1cc(I)n(C)n1)OCC. The zero-order valence-electron chi connectivity index (χ0n) is 10.8. The number of carbonyl (C=O) groups is 1. The first kappa shape index (κ1) is 15.4. The second-order valence-electron chi connectivity index (χ2n) is 3.53. The van der Waals surface area contributed by atoms with Crippen LogP contribution in [-0.4, -0.2) is 41.7 Å². The number of aromatic nitrogens is 2. The fraction of sp³-hybridized carbons (Fsp3) is 0.636. The maximum absolute atomic E-state index is 11.8. The molecular formula is C11H18IN3O3. The first-order valence-electron chi connectivity index (χ1n) is 5.79. The van der Waals surface area contributed by atoms with E-state index in [0.29, 0.717) is 25.5 Å². The van der Waals surface area contributed by atoms with E-state index in [1.165, 1.54) is 0 Å². The topological polar surface area (TPSA) is 65.4 Å². The molecule has 0 saturated carbocycles. The molecule has 0 aromatic carbocycles. The van der Waals surface area contributed by atoms with Crippen LogP contribution in [0.5, 0.6) is 0 Å². The predicted molar refractivity (Wildman–Crippen MR) is 75.3 cm³/mol. The van der Waals surface area contributed by atoms with Gasteiger partial charge in [-0.2, -0.15) is 5.10 Å². The number of ether oxygens (including phenoxy) is 2. The van der Waals surface area contributed by atoms with Gasteiger partial charge in [-0.25, -0.2) is 0 Å². The normalized spacial score (nSPS) is 10.9. The average Bonchev–Trinajstić information content (AvgIpc) is 2.67. The largest absolute Gasteiger partial charge is 0.351 e. The number of aryl methyl sites for hydroxylation is 1. The summed E-state index contributed by atoms with van der Waals surface area (Å²) in [6.45, 7) is 5.17. The van der Waals surface area contributed by atoms with Crippen LogP contribution < -0.4 is 5.32 Å². The number of amides is 1. The Bertz CT molecular complexity index is 369. The fourth-order valence-corrected chi connectivity index (χ4v) is 1.76. The highest BCUT2D eigenvalue weighted by atomic mass is 127. The third-order valence-electron chi connectivity index (χ3n) is 2.19. The molecular weight excluding hydrogens is 349 g/mol. The summed E-state index contributed by atoms with van der Waals surface area (Å²) in [7, 11) is 1.79. The van der Waals surface area contributed by atoms with Crippen molar-refractivity contribution in [1.29, 1.82) is 0 Å². The molecule has 1 heterocycles. The Labute approximate surface area is 120 Å². The van der Waals surface area contributed by atoms with E-state index in [-0.39, 0.29) is 5.91 Å². The molecule has 7 heteroatoms. The minimum atomic E-state index is -0.410. The zero-order chi connectivity index (χ0) is 13.5. The van der Waals surface area contributed by atoms with Gasteiger partial charge in [-0.3, -0.25) is 9.48 Å². The number of halogens is 1. The lowest BCUT2D eigenvalue weighted by molar-refractivity contribution is -0.131. The van der Waals surface area contributed by atoms with Crippen molar-refractivity contribution in [2.24, 2.45) is 7.05 Å². The Morgan fingerprint density at radius 3 is 2.56 bits per heavy atom. The molecule has 1 aromatic heterocycles. The first-order chi connectivity index (χ1) is 8.58. The molecule has 1 N–H and O–H groups in total.